The van der Waals surface area contributed by atoms with Gasteiger partial charge in [0.15, 0.2) is 0 Å². The van der Waals surface area contributed by atoms with Gasteiger partial charge in [0.05, 0.1) is 22.9 Å². The summed E-state index contributed by atoms with van der Waals surface area (Å²) in [5.41, 5.74) is 3.85. The number of non-ortho nitro benzene ring substituents is 1. The van der Waals surface area contributed by atoms with E-state index in [4.69, 9.17) is 0 Å². The molecular weight excluding hydrogens is 418 g/mol. The van der Waals surface area contributed by atoms with Gasteiger partial charge in [0, 0.05) is 17.0 Å². The number of benzene rings is 1. The van der Waals surface area contributed by atoms with Crippen molar-refractivity contribution in [3.63, 3.8) is 0 Å². The zero-order chi connectivity index (χ0) is 22.1. The molecule has 2 heterocycles. The molecule has 1 amide bonds. The molecule has 31 heavy (non-hydrogen) atoms. The number of nitro benzene ring substituents is 1. The summed E-state index contributed by atoms with van der Waals surface area (Å²) in [5.74, 6) is 0.139. The van der Waals surface area contributed by atoms with E-state index in [2.05, 4.69) is 22.4 Å². The Balaban J connectivity index is 1.51. The predicted molar refractivity (Wildman–Crippen MR) is 119 cm³/mol. The molecule has 4 rings (SSSR count). The van der Waals surface area contributed by atoms with Crippen LogP contribution >= 0.6 is 11.3 Å². The summed E-state index contributed by atoms with van der Waals surface area (Å²) in [7, 11) is 0. The lowest BCUT2D eigenvalue weighted by Crippen LogP contribution is -2.34. The van der Waals surface area contributed by atoms with Crippen LogP contribution in [0.25, 0.3) is 10.2 Å². The molecule has 0 bridgehead atoms. The number of aromatic nitrogens is 2. The van der Waals surface area contributed by atoms with Gasteiger partial charge in [-0.05, 0) is 55.4 Å². The van der Waals surface area contributed by atoms with E-state index in [1.807, 2.05) is 0 Å². The Labute approximate surface area is 181 Å². The van der Waals surface area contributed by atoms with Crippen LogP contribution in [0.2, 0.25) is 0 Å². The molecule has 9 nitrogen and oxygen atoms in total. The Kier molecular flexibility index (Phi) is 5.64. The van der Waals surface area contributed by atoms with Crippen LogP contribution < -0.4 is 11.0 Å². The van der Waals surface area contributed by atoms with Gasteiger partial charge in [-0.15, -0.1) is 11.3 Å². The monoisotopic (exact) mass is 439 g/mol. The van der Waals surface area contributed by atoms with Crippen molar-refractivity contribution >= 4 is 39.4 Å². The topological polar surface area (TPSA) is 119 Å². The van der Waals surface area contributed by atoms with Crippen molar-refractivity contribution < 1.29 is 9.72 Å². The SMILES string of the molecule is C[C@@H]1CCc2c(sc3ncn([C@H](C)C(=O)N/N=C\c4ccc([N+](=O)[O-])cc4)c(=O)c23)C1. The van der Waals surface area contributed by atoms with Crippen molar-refractivity contribution in [2.75, 3.05) is 0 Å². The molecule has 3 aromatic rings. The molecule has 0 saturated carbocycles. The maximum Gasteiger partial charge on any atom is 0.269 e. The molecule has 1 N–H and O–H groups in total. The molecule has 0 aliphatic heterocycles. The van der Waals surface area contributed by atoms with Crippen LogP contribution in [-0.4, -0.2) is 26.6 Å². The van der Waals surface area contributed by atoms with E-state index in [0.717, 1.165) is 29.7 Å². The molecule has 2 atom stereocenters. The molecule has 0 fully saturated rings. The fourth-order valence-electron chi connectivity index (χ4n) is 3.69. The van der Waals surface area contributed by atoms with Crippen LogP contribution in [0, 0.1) is 16.0 Å². The van der Waals surface area contributed by atoms with E-state index in [-0.39, 0.29) is 11.2 Å². The number of thiophene rings is 1. The number of carbonyl (C=O) groups is 1. The largest absolute Gasteiger partial charge is 0.286 e. The first-order chi connectivity index (χ1) is 14.8. The lowest BCUT2D eigenvalue weighted by atomic mass is 9.89. The molecule has 0 radical (unpaired) electrons. The number of carbonyl (C=O) groups excluding carboxylic acids is 1. The number of rotatable bonds is 5. The van der Waals surface area contributed by atoms with Gasteiger partial charge in [0.25, 0.3) is 17.2 Å². The smallest absolute Gasteiger partial charge is 0.269 e. The minimum Gasteiger partial charge on any atom is -0.286 e. The molecular formula is C21H21N5O4S. The molecule has 0 saturated heterocycles. The number of nitrogens with zero attached hydrogens (tertiary/aromatic N) is 4. The molecule has 0 unspecified atom stereocenters. The Hall–Kier alpha value is -3.40. The highest BCUT2D eigenvalue weighted by Gasteiger charge is 2.25. The predicted octanol–water partition coefficient (Wildman–Crippen LogP) is 3.20. The second-order valence-electron chi connectivity index (χ2n) is 7.75. The first-order valence-electron chi connectivity index (χ1n) is 9.94. The summed E-state index contributed by atoms with van der Waals surface area (Å²) < 4.78 is 1.34. The maximum atomic E-state index is 13.1. The minimum absolute atomic E-state index is 0.0258. The number of amides is 1. The maximum absolute atomic E-state index is 13.1. The van der Waals surface area contributed by atoms with Crippen LogP contribution in [0.1, 0.15) is 42.3 Å². The van der Waals surface area contributed by atoms with Gasteiger partial charge < -0.3 is 0 Å². The lowest BCUT2D eigenvalue weighted by Gasteiger charge is -2.18. The minimum atomic E-state index is -0.795. The Morgan fingerprint density at radius 2 is 2.16 bits per heavy atom. The molecule has 0 spiro atoms. The first-order valence-corrected chi connectivity index (χ1v) is 10.8. The summed E-state index contributed by atoms with van der Waals surface area (Å²) >= 11 is 1.57. The average Bonchev–Trinajstić information content (AvgIpc) is 3.12. The Morgan fingerprint density at radius 1 is 1.42 bits per heavy atom. The normalized spacial score (nSPS) is 16.9. The molecule has 1 aliphatic carbocycles. The van der Waals surface area contributed by atoms with Gasteiger partial charge >= 0.3 is 0 Å². The Morgan fingerprint density at radius 3 is 2.87 bits per heavy atom. The van der Waals surface area contributed by atoms with Gasteiger partial charge in [-0.1, -0.05) is 6.92 Å². The third-order valence-corrected chi connectivity index (χ3v) is 6.69. The Bertz CT molecular complexity index is 1250. The number of hydrogen-bond donors (Lipinski definition) is 1. The van der Waals surface area contributed by atoms with E-state index >= 15 is 0 Å². The summed E-state index contributed by atoms with van der Waals surface area (Å²) in [6.45, 7) is 3.83. The number of fused-ring (bicyclic) bond motifs is 3. The van der Waals surface area contributed by atoms with E-state index in [1.54, 1.807) is 18.3 Å². The quantitative estimate of drug-likeness (QED) is 0.372. The zero-order valence-electron chi connectivity index (χ0n) is 17.1. The molecule has 2 aromatic heterocycles. The van der Waals surface area contributed by atoms with Gasteiger partial charge in [-0.25, -0.2) is 10.4 Å². The second-order valence-corrected chi connectivity index (χ2v) is 8.83. The highest BCUT2D eigenvalue weighted by atomic mass is 32.1. The number of nitrogens with one attached hydrogen (secondary N) is 1. The van der Waals surface area contributed by atoms with Gasteiger partial charge in [-0.3, -0.25) is 24.3 Å². The van der Waals surface area contributed by atoms with Crippen molar-refractivity contribution in [1.82, 2.24) is 15.0 Å². The van der Waals surface area contributed by atoms with E-state index in [9.17, 15) is 19.7 Å². The van der Waals surface area contributed by atoms with E-state index in [0.29, 0.717) is 16.9 Å². The highest BCUT2D eigenvalue weighted by molar-refractivity contribution is 7.18. The molecule has 1 aliphatic rings. The fourth-order valence-corrected chi connectivity index (χ4v) is 5.03. The third kappa shape index (κ3) is 4.11. The molecule has 160 valence electrons. The zero-order valence-corrected chi connectivity index (χ0v) is 17.9. The molecule has 10 heteroatoms. The summed E-state index contributed by atoms with van der Waals surface area (Å²) in [6, 6.07) is 4.97. The van der Waals surface area contributed by atoms with Crippen LogP contribution in [0.5, 0.6) is 0 Å². The van der Waals surface area contributed by atoms with E-state index in [1.165, 1.54) is 46.3 Å². The van der Waals surface area contributed by atoms with Crippen LogP contribution in [0.15, 0.2) is 40.5 Å². The third-order valence-electron chi connectivity index (χ3n) is 5.53. The average molecular weight is 439 g/mol. The van der Waals surface area contributed by atoms with Crippen LogP contribution in [-0.2, 0) is 17.6 Å². The number of hydrogen-bond acceptors (Lipinski definition) is 7. The fraction of sp³-hybridized carbons (Fsp3) is 0.333. The number of aryl methyl sites for hydroxylation is 1. The van der Waals surface area contributed by atoms with Gasteiger partial charge in [0.2, 0.25) is 0 Å². The number of hydrazone groups is 1. The van der Waals surface area contributed by atoms with Crippen molar-refractivity contribution in [2.24, 2.45) is 11.0 Å². The van der Waals surface area contributed by atoms with Gasteiger partial charge in [-0.2, -0.15) is 5.10 Å². The second kappa shape index (κ2) is 8.38. The highest BCUT2D eigenvalue weighted by Crippen LogP contribution is 2.35. The van der Waals surface area contributed by atoms with Crippen molar-refractivity contribution in [3.8, 4) is 0 Å². The summed E-state index contributed by atoms with van der Waals surface area (Å²) in [5, 5.41) is 15.2. The standard InChI is InChI=1S/C21H21N5O4S/c1-12-3-8-16-17(9-12)31-20-18(16)21(28)25(11-22-20)13(2)19(27)24-23-10-14-4-6-15(7-5-14)26(29)30/h4-7,10-13H,3,8-9H2,1-2H3,(H,24,27)/b23-10-/t12-,13-/m1/s1. The summed E-state index contributed by atoms with van der Waals surface area (Å²) in [4.78, 5) is 42.3. The van der Waals surface area contributed by atoms with Crippen molar-refractivity contribution in [2.45, 2.75) is 39.2 Å². The van der Waals surface area contributed by atoms with Crippen molar-refractivity contribution in [3.05, 3.63) is 67.1 Å². The number of nitro groups is 1. The summed E-state index contributed by atoms with van der Waals surface area (Å²) in [6.07, 6.45) is 5.66. The van der Waals surface area contributed by atoms with Crippen LogP contribution in [0.4, 0.5) is 5.69 Å². The van der Waals surface area contributed by atoms with E-state index < -0.39 is 16.9 Å². The van der Waals surface area contributed by atoms with Crippen LogP contribution in [0.3, 0.4) is 0 Å². The van der Waals surface area contributed by atoms with Crippen molar-refractivity contribution in [1.29, 1.82) is 0 Å². The lowest BCUT2D eigenvalue weighted by molar-refractivity contribution is -0.384. The first kappa shape index (κ1) is 20.9. The van der Waals surface area contributed by atoms with Gasteiger partial charge in [0.1, 0.15) is 10.9 Å². The molecule has 1 aromatic carbocycles.